The second-order valence-electron chi connectivity index (χ2n) is 4.50. The Bertz CT molecular complexity index is 308. The Morgan fingerprint density at radius 3 is 2.86 bits per heavy atom. The molecule has 4 heteroatoms. The van der Waals surface area contributed by atoms with E-state index in [0.717, 1.165) is 10.8 Å². The summed E-state index contributed by atoms with van der Waals surface area (Å²) in [6, 6.07) is 0. The fourth-order valence-corrected chi connectivity index (χ4v) is 4.44. The molecule has 2 N–H and O–H groups in total. The number of hydrogen-bond donors (Lipinski definition) is 1. The van der Waals surface area contributed by atoms with Crippen molar-refractivity contribution in [1.82, 2.24) is 4.98 Å². The number of aromatic nitrogens is 1. The Kier molecular flexibility index (Phi) is 2.62. The molecule has 0 aromatic carbocycles. The number of rotatable bonds is 1. The summed E-state index contributed by atoms with van der Waals surface area (Å²) in [4.78, 5) is 4.39. The minimum atomic E-state index is -0.232. The Morgan fingerprint density at radius 1 is 1.50 bits per heavy atom. The Hall–Kier alpha value is -0.0600. The van der Waals surface area contributed by atoms with Crippen molar-refractivity contribution >= 4 is 23.1 Å². The largest absolute Gasteiger partial charge is 0.318 e. The van der Waals surface area contributed by atoms with Gasteiger partial charge in [0.2, 0.25) is 0 Å². The first-order valence-corrected chi connectivity index (χ1v) is 6.86. The van der Waals surface area contributed by atoms with Gasteiger partial charge in [-0.1, -0.05) is 13.8 Å². The zero-order chi connectivity index (χ0) is 10.2. The molecule has 1 aromatic heterocycles. The van der Waals surface area contributed by atoms with Gasteiger partial charge in [0.05, 0.1) is 5.54 Å². The summed E-state index contributed by atoms with van der Waals surface area (Å²) in [5.41, 5.74) is 6.46. The minimum Gasteiger partial charge on any atom is -0.318 e. The lowest BCUT2D eigenvalue weighted by Crippen LogP contribution is -2.54. The monoisotopic (exact) mass is 228 g/mol. The molecule has 1 aliphatic rings. The summed E-state index contributed by atoms with van der Waals surface area (Å²) in [6.45, 7) is 4.52. The van der Waals surface area contributed by atoms with Gasteiger partial charge >= 0.3 is 0 Å². The molecule has 1 fully saturated rings. The van der Waals surface area contributed by atoms with Crippen LogP contribution in [0.15, 0.2) is 11.6 Å². The summed E-state index contributed by atoms with van der Waals surface area (Å²) in [5.74, 6) is 2.21. The molecule has 2 rings (SSSR count). The van der Waals surface area contributed by atoms with E-state index in [0.29, 0.717) is 0 Å². The zero-order valence-corrected chi connectivity index (χ0v) is 10.3. The highest BCUT2D eigenvalue weighted by Crippen LogP contribution is 2.47. The van der Waals surface area contributed by atoms with Crippen LogP contribution in [0.4, 0.5) is 0 Å². The number of thiazole rings is 1. The van der Waals surface area contributed by atoms with Gasteiger partial charge in [0.1, 0.15) is 5.01 Å². The molecule has 1 atom stereocenters. The van der Waals surface area contributed by atoms with Gasteiger partial charge in [-0.25, -0.2) is 4.98 Å². The van der Waals surface area contributed by atoms with Gasteiger partial charge < -0.3 is 5.73 Å². The standard InChI is InChI=1S/C10H16N2S2/c1-9(2)3-5-13-7-10(9,11)8-12-4-6-14-8/h4,6H,3,5,7,11H2,1-2H3. The van der Waals surface area contributed by atoms with Crippen LogP contribution in [-0.4, -0.2) is 16.5 Å². The van der Waals surface area contributed by atoms with Gasteiger partial charge in [-0.15, -0.1) is 11.3 Å². The van der Waals surface area contributed by atoms with Crippen molar-refractivity contribution in [3.05, 3.63) is 16.6 Å². The summed E-state index contributed by atoms with van der Waals surface area (Å²) in [5, 5.41) is 3.11. The summed E-state index contributed by atoms with van der Waals surface area (Å²) < 4.78 is 0. The third-order valence-corrected chi connectivity index (χ3v) is 5.33. The van der Waals surface area contributed by atoms with Gasteiger partial charge in [0.25, 0.3) is 0 Å². The average Bonchev–Trinajstić information content (AvgIpc) is 2.63. The molecule has 0 aliphatic carbocycles. The average molecular weight is 228 g/mol. The van der Waals surface area contributed by atoms with Crippen LogP contribution in [0.1, 0.15) is 25.3 Å². The van der Waals surface area contributed by atoms with Crippen LogP contribution in [0.3, 0.4) is 0 Å². The molecule has 2 nitrogen and oxygen atoms in total. The highest BCUT2D eigenvalue weighted by molar-refractivity contribution is 7.99. The molecule has 78 valence electrons. The molecule has 1 saturated heterocycles. The summed E-state index contributed by atoms with van der Waals surface area (Å²) in [6.07, 6.45) is 3.03. The third-order valence-electron chi connectivity index (χ3n) is 3.22. The third kappa shape index (κ3) is 1.49. The first-order chi connectivity index (χ1) is 6.56. The normalized spacial score (nSPS) is 31.6. The zero-order valence-electron chi connectivity index (χ0n) is 8.62. The van der Waals surface area contributed by atoms with Crippen molar-refractivity contribution in [2.45, 2.75) is 25.8 Å². The molecule has 0 amide bonds. The molecule has 1 unspecified atom stereocenters. The maximum atomic E-state index is 6.53. The molecule has 0 bridgehead atoms. The molecule has 0 spiro atoms. The second-order valence-corrected chi connectivity index (χ2v) is 6.49. The highest BCUT2D eigenvalue weighted by Gasteiger charge is 2.46. The van der Waals surface area contributed by atoms with Crippen LogP contribution in [-0.2, 0) is 5.54 Å². The minimum absolute atomic E-state index is 0.163. The van der Waals surface area contributed by atoms with E-state index in [1.807, 2.05) is 23.3 Å². The molecule has 1 aromatic rings. The molecular formula is C10H16N2S2. The van der Waals surface area contributed by atoms with Crippen LogP contribution >= 0.6 is 23.1 Å². The van der Waals surface area contributed by atoms with Crippen LogP contribution in [0.25, 0.3) is 0 Å². The van der Waals surface area contributed by atoms with E-state index in [2.05, 4.69) is 18.8 Å². The first-order valence-electron chi connectivity index (χ1n) is 4.83. The Balaban J connectivity index is 2.37. The van der Waals surface area contributed by atoms with Crippen molar-refractivity contribution in [3.63, 3.8) is 0 Å². The van der Waals surface area contributed by atoms with E-state index in [1.165, 1.54) is 12.2 Å². The quantitative estimate of drug-likeness (QED) is 0.802. The van der Waals surface area contributed by atoms with Crippen LogP contribution in [0, 0.1) is 5.41 Å². The predicted octanol–water partition coefficient (Wildman–Crippen LogP) is 2.46. The van der Waals surface area contributed by atoms with Crippen molar-refractivity contribution in [3.8, 4) is 0 Å². The number of thioether (sulfide) groups is 1. The van der Waals surface area contributed by atoms with Crippen molar-refractivity contribution in [1.29, 1.82) is 0 Å². The smallest absolute Gasteiger partial charge is 0.114 e. The SMILES string of the molecule is CC1(C)CCSCC1(N)c1nccs1. The predicted molar refractivity (Wildman–Crippen MR) is 63.7 cm³/mol. The van der Waals surface area contributed by atoms with Crippen molar-refractivity contribution in [2.75, 3.05) is 11.5 Å². The molecular weight excluding hydrogens is 212 g/mol. The fraction of sp³-hybridized carbons (Fsp3) is 0.700. The summed E-state index contributed by atoms with van der Waals surface area (Å²) in [7, 11) is 0. The van der Waals surface area contributed by atoms with Gasteiger partial charge in [0, 0.05) is 17.3 Å². The lowest BCUT2D eigenvalue weighted by molar-refractivity contribution is 0.175. The molecule has 2 heterocycles. The maximum absolute atomic E-state index is 6.53. The maximum Gasteiger partial charge on any atom is 0.114 e. The number of hydrogen-bond acceptors (Lipinski definition) is 4. The Labute approximate surface area is 93.3 Å². The first kappa shape index (κ1) is 10.5. The fourth-order valence-electron chi connectivity index (χ4n) is 1.77. The number of nitrogens with zero attached hydrogens (tertiary/aromatic N) is 1. The Morgan fingerprint density at radius 2 is 2.29 bits per heavy atom. The van der Waals surface area contributed by atoms with E-state index in [4.69, 9.17) is 5.73 Å². The van der Waals surface area contributed by atoms with Crippen LogP contribution in [0.2, 0.25) is 0 Å². The summed E-state index contributed by atoms with van der Waals surface area (Å²) >= 11 is 3.63. The highest BCUT2D eigenvalue weighted by atomic mass is 32.2. The molecule has 1 aliphatic heterocycles. The van der Waals surface area contributed by atoms with Gasteiger partial charge in [-0.2, -0.15) is 11.8 Å². The molecule has 0 saturated carbocycles. The van der Waals surface area contributed by atoms with Crippen molar-refractivity contribution in [2.24, 2.45) is 11.1 Å². The van der Waals surface area contributed by atoms with E-state index in [9.17, 15) is 0 Å². The lowest BCUT2D eigenvalue weighted by atomic mass is 9.72. The van der Waals surface area contributed by atoms with E-state index in [-0.39, 0.29) is 11.0 Å². The lowest BCUT2D eigenvalue weighted by Gasteiger charge is -2.45. The van der Waals surface area contributed by atoms with E-state index >= 15 is 0 Å². The van der Waals surface area contributed by atoms with Gasteiger partial charge in [-0.3, -0.25) is 0 Å². The van der Waals surface area contributed by atoms with E-state index in [1.54, 1.807) is 11.3 Å². The van der Waals surface area contributed by atoms with E-state index < -0.39 is 0 Å². The molecule has 0 radical (unpaired) electrons. The molecule has 14 heavy (non-hydrogen) atoms. The second kappa shape index (κ2) is 3.51. The van der Waals surface area contributed by atoms with Crippen molar-refractivity contribution < 1.29 is 0 Å². The number of nitrogens with two attached hydrogens (primary N) is 1. The topological polar surface area (TPSA) is 38.9 Å². The van der Waals surface area contributed by atoms with Crippen LogP contribution in [0.5, 0.6) is 0 Å². The van der Waals surface area contributed by atoms with Gasteiger partial charge in [0.15, 0.2) is 0 Å². The van der Waals surface area contributed by atoms with Crippen LogP contribution < -0.4 is 5.73 Å². The van der Waals surface area contributed by atoms with Gasteiger partial charge in [-0.05, 0) is 17.6 Å².